The van der Waals surface area contributed by atoms with Gasteiger partial charge in [0.25, 0.3) is 0 Å². The number of carbonyl (C=O) groups excluding carboxylic acids is 1. The highest BCUT2D eigenvalue weighted by molar-refractivity contribution is 5.69. The highest BCUT2D eigenvalue weighted by atomic mass is 16.5. The molecule has 0 aliphatic heterocycles. The van der Waals surface area contributed by atoms with Crippen LogP contribution in [0.15, 0.2) is 12.3 Å². The summed E-state index contributed by atoms with van der Waals surface area (Å²) < 4.78 is 9.58. The van der Waals surface area contributed by atoms with Crippen LogP contribution in [0.2, 0.25) is 0 Å². The van der Waals surface area contributed by atoms with E-state index >= 15 is 0 Å². The Balaban J connectivity index is 3.60. The maximum atomic E-state index is 10.7. The molecule has 0 saturated carbocycles. The van der Waals surface area contributed by atoms with Crippen LogP contribution >= 0.6 is 0 Å². The first-order chi connectivity index (χ1) is 5.06. The third-order valence-corrected chi connectivity index (χ3v) is 1.08. The molecule has 3 heteroatoms. The standard InChI is InChI=1S/C8H14O3/c1-6(2)11-7(3)5-8(9)10-4/h7H,1,5H2,2-4H3/t7-/m1/s1. The number of esters is 1. The fraction of sp³-hybridized carbons (Fsp3) is 0.625. The average molecular weight is 158 g/mol. The van der Waals surface area contributed by atoms with Crippen LogP contribution in [0.3, 0.4) is 0 Å². The molecular formula is C8H14O3. The summed E-state index contributed by atoms with van der Waals surface area (Å²) in [6.45, 7) is 7.09. The molecular weight excluding hydrogens is 144 g/mol. The first kappa shape index (κ1) is 10.0. The van der Waals surface area contributed by atoms with Gasteiger partial charge in [0.2, 0.25) is 0 Å². The maximum Gasteiger partial charge on any atom is 0.309 e. The fourth-order valence-electron chi connectivity index (χ4n) is 0.703. The van der Waals surface area contributed by atoms with Crippen molar-refractivity contribution in [3.8, 4) is 0 Å². The number of hydrogen-bond donors (Lipinski definition) is 0. The molecule has 0 aromatic heterocycles. The van der Waals surface area contributed by atoms with E-state index in [0.29, 0.717) is 5.76 Å². The number of carbonyl (C=O) groups is 1. The third-order valence-electron chi connectivity index (χ3n) is 1.08. The highest BCUT2D eigenvalue weighted by Gasteiger charge is 2.08. The van der Waals surface area contributed by atoms with Crippen LogP contribution in [-0.2, 0) is 14.3 Å². The predicted molar refractivity (Wildman–Crippen MR) is 42.0 cm³/mol. The lowest BCUT2D eigenvalue weighted by Gasteiger charge is -2.12. The van der Waals surface area contributed by atoms with Crippen molar-refractivity contribution in [1.82, 2.24) is 0 Å². The molecule has 0 N–H and O–H groups in total. The summed E-state index contributed by atoms with van der Waals surface area (Å²) in [7, 11) is 1.36. The Kier molecular flexibility index (Phi) is 4.34. The van der Waals surface area contributed by atoms with Gasteiger partial charge >= 0.3 is 5.97 Å². The van der Waals surface area contributed by atoms with Gasteiger partial charge in [-0.2, -0.15) is 0 Å². The lowest BCUT2D eigenvalue weighted by atomic mass is 10.3. The minimum atomic E-state index is -0.265. The van der Waals surface area contributed by atoms with E-state index in [1.807, 2.05) is 0 Å². The van der Waals surface area contributed by atoms with Gasteiger partial charge in [-0.1, -0.05) is 6.58 Å². The summed E-state index contributed by atoms with van der Waals surface area (Å²) in [4.78, 5) is 10.7. The van der Waals surface area contributed by atoms with Crippen LogP contribution in [0.1, 0.15) is 20.3 Å². The summed E-state index contributed by atoms with van der Waals surface area (Å²) in [5.41, 5.74) is 0. The van der Waals surface area contributed by atoms with Gasteiger partial charge in [-0.05, 0) is 13.8 Å². The van der Waals surface area contributed by atoms with E-state index in [-0.39, 0.29) is 18.5 Å². The van der Waals surface area contributed by atoms with E-state index in [4.69, 9.17) is 4.74 Å². The van der Waals surface area contributed by atoms with Gasteiger partial charge in [0.15, 0.2) is 0 Å². The molecule has 0 spiro atoms. The molecule has 0 rings (SSSR count). The topological polar surface area (TPSA) is 35.5 Å². The average Bonchev–Trinajstić information content (AvgIpc) is 1.85. The summed E-state index contributed by atoms with van der Waals surface area (Å²) >= 11 is 0. The number of methoxy groups -OCH3 is 1. The molecule has 0 fully saturated rings. The van der Waals surface area contributed by atoms with Crippen molar-refractivity contribution in [2.45, 2.75) is 26.4 Å². The van der Waals surface area contributed by atoms with E-state index in [0.717, 1.165) is 0 Å². The molecule has 11 heavy (non-hydrogen) atoms. The Morgan fingerprint density at radius 3 is 2.55 bits per heavy atom. The van der Waals surface area contributed by atoms with Gasteiger partial charge in [0, 0.05) is 0 Å². The quantitative estimate of drug-likeness (QED) is 0.459. The fourth-order valence-corrected chi connectivity index (χ4v) is 0.703. The van der Waals surface area contributed by atoms with Crippen molar-refractivity contribution < 1.29 is 14.3 Å². The second-order valence-electron chi connectivity index (χ2n) is 2.41. The largest absolute Gasteiger partial charge is 0.495 e. The van der Waals surface area contributed by atoms with Gasteiger partial charge in [-0.3, -0.25) is 4.79 Å². The van der Waals surface area contributed by atoms with Crippen molar-refractivity contribution in [2.75, 3.05) is 7.11 Å². The Labute approximate surface area is 67.0 Å². The minimum absolute atomic E-state index is 0.153. The highest BCUT2D eigenvalue weighted by Crippen LogP contribution is 2.03. The van der Waals surface area contributed by atoms with Crippen LogP contribution < -0.4 is 0 Å². The molecule has 0 aromatic carbocycles. The minimum Gasteiger partial charge on any atom is -0.495 e. The predicted octanol–water partition coefficient (Wildman–Crippen LogP) is 1.49. The lowest BCUT2D eigenvalue weighted by Crippen LogP contribution is -2.14. The molecule has 0 bridgehead atoms. The van der Waals surface area contributed by atoms with Crippen molar-refractivity contribution >= 4 is 5.97 Å². The Bertz CT molecular complexity index is 151. The van der Waals surface area contributed by atoms with Crippen molar-refractivity contribution in [2.24, 2.45) is 0 Å². The Morgan fingerprint density at radius 2 is 2.18 bits per heavy atom. The zero-order valence-electron chi connectivity index (χ0n) is 7.22. The van der Waals surface area contributed by atoms with Gasteiger partial charge < -0.3 is 9.47 Å². The van der Waals surface area contributed by atoms with Gasteiger partial charge in [-0.15, -0.1) is 0 Å². The zero-order chi connectivity index (χ0) is 8.85. The van der Waals surface area contributed by atoms with Crippen molar-refractivity contribution in [1.29, 1.82) is 0 Å². The van der Waals surface area contributed by atoms with Gasteiger partial charge in [0.05, 0.1) is 19.3 Å². The maximum absolute atomic E-state index is 10.7. The molecule has 0 aromatic rings. The van der Waals surface area contributed by atoms with Gasteiger partial charge in [0.1, 0.15) is 6.10 Å². The molecule has 0 unspecified atom stereocenters. The number of rotatable bonds is 4. The molecule has 0 aliphatic rings. The van der Waals surface area contributed by atoms with Crippen LogP contribution in [0.4, 0.5) is 0 Å². The van der Waals surface area contributed by atoms with E-state index < -0.39 is 0 Å². The molecule has 0 saturated heterocycles. The summed E-state index contributed by atoms with van der Waals surface area (Å²) in [6, 6.07) is 0. The molecule has 0 radical (unpaired) electrons. The Morgan fingerprint density at radius 1 is 1.64 bits per heavy atom. The van der Waals surface area contributed by atoms with Crippen molar-refractivity contribution in [3.63, 3.8) is 0 Å². The molecule has 3 nitrogen and oxygen atoms in total. The zero-order valence-corrected chi connectivity index (χ0v) is 7.22. The second-order valence-corrected chi connectivity index (χ2v) is 2.41. The van der Waals surface area contributed by atoms with E-state index in [2.05, 4.69) is 11.3 Å². The molecule has 0 aliphatic carbocycles. The summed E-state index contributed by atoms with van der Waals surface area (Å²) in [5, 5.41) is 0. The number of ether oxygens (including phenoxy) is 2. The monoisotopic (exact) mass is 158 g/mol. The third kappa shape index (κ3) is 5.45. The SMILES string of the molecule is C=C(C)O[C@H](C)CC(=O)OC. The first-order valence-corrected chi connectivity index (χ1v) is 3.45. The Hall–Kier alpha value is -0.990. The molecule has 0 amide bonds. The smallest absolute Gasteiger partial charge is 0.309 e. The van der Waals surface area contributed by atoms with E-state index in [9.17, 15) is 4.79 Å². The molecule has 1 atom stereocenters. The normalized spacial score (nSPS) is 11.9. The van der Waals surface area contributed by atoms with Gasteiger partial charge in [-0.25, -0.2) is 0 Å². The summed E-state index contributed by atoms with van der Waals surface area (Å²) in [6.07, 6.45) is 0.114. The van der Waals surface area contributed by atoms with Crippen LogP contribution in [0.25, 0.3) is 0 Å². The molecule has 0 heterocycles. The van der Waals surface area contributed by atoms with Crippen LogP contribution in [0, 0.1) is 0 Å². The summed E-state index contributed by atoms with van der Waals surface area (Å²) in [5.74, 6) is 0.347. The second kappa shape index (κ2) is 4.77. The van der Waals surface area contributed by atoms with E-state index in [1.165, 1.54) is 7.11 Å². The van der Waals surface area contributed by atoms with E-state index in [1.54, 1.807) is 13.8 Å². The molecule has 64 valence electrons. The van der Waals surface area contributed by atoms with Crippen LogP contribution in [-0.4, -0.2) is 19.2 Å². The lowest BCUT2D eigenvalue weighted by molar-refractivity contribution is -0.142. The number of allylic oxidation sites excluding steroid dienone is 1. The van der Waals surface area contributed by atoms with Crippen molar-refractivity contribution in [3.05, 3.63) is 12.3 Å². The first-order valence-electron chi connectivity index (χ1n) is 3.45. The van der Waals surface area contributed by atoms with Crippen LogP contribution in [0.5, 0.6) is 0 Å². The number of hydrogen-bond acceptors (Lipinski definition) is 3.